The van der Waals surface area contributed by atoms with Crippen molar-refractivity contribution in [2.24, 2.45) is 4.99 Å². The predicted octanol–water partition coefficient (Wildman–Crippen LogP) is 1.83. The molecule has 1 aromatic rings. The first-order valence-corrected chi connectivity index (χ1v) is 9.45. The van der Waals surface area contributed by atoms with Crippen LogP contribution in [0.25, 0.3) is 0 Å². The molecule has 0 spiro atoms. The third-order valence-electron chi connectivity index (χ3n) is 3.98. The number of nitrogens with one attached hydrogen (secondary N) is 2. The smallest absolute Gasteiger partial charge is 0.251 e. The van der Waals surface area contributed by atoms with E-state index in [1.807, 2.05) is 11.8 Å². The topological polar surface area (TPSA) is 66.0 Å². The molecule has 0 unspecified atom stereocenters. The van der Waals surface area contributed by atoms with E-state index in [1.165, 1.54) is 0 Å². The van der Waals surface area contributed by atoms with Crippen molar-refractivity contribution in [3.05, 3.63) is 29.8 Å². The quantitative estimate of drug-likeness (QED) is 0.474. The molecule has 1 aromatic carbocycles. The largest absolute Gasteiger partial charge is 0.497 e. The Labute approximate surface area is 154 Å². The summed E-state index contributed by atoms with van der Waals surface area (Å²) in [6.07, 6.45) is 0. The van der Waals surface area contributed by atoms with Crippen molar-refractivity contribution in [3.63, 3.8) is 0 Å². The standard InChI is InChI=1S/C18H28N4O2S/c1-18(2)13-22(11-12-25-18)17(19-3)21-10-9-20-16(23)14-5-7-15(24-4)8-6-14/h5-8H,9-13H2,1-4H3,(H,19,21)(H,20,23). The third kappa shape index (κ3) is 5.85. The Morgan fingerprint density at radius 3 is 2.56 bits per heavy atom. The molecule has 1 fully saturated rings. The molecular formula is C18H28N4O2S. The first-order chi connectivity index (χ1) is 11.9. The highest BCUT2D eigenvalue weighted by atomic mass is 32.2. The van der Waals surface area contributed by atoms with Gasteiger partial charge in [-0.25, -0.2) is 0 Å². The van der Waals surface area contributed by atoms with Crippen molar-refractivity contribution in [3.8, 4) is 5.75 Å². The molecule has 0 bridgehead atoms. The Morgan fingerprint density at radius 2 is 1.96 bits per heavy atom. The van der Waals surface area contributed by atoms with Crippen molar-refractivity contribution in [2.75, 3.05) is 46.1 Å². The number of hydrogen-bond acceptors (Lipinski definition) is 4. The van der Waals surface area contributed by atoms with Crippen LogP contribution >= 0.6 is 11.8 Å². The van der Waals surface area contributed by atoms with Crippen LogP contribution in [0.15, 0.2) is 29.3 Å². The summed E-state index contributed by atoms with van der Waals surface area (Å²) in [7, 11) is 3.41. The number of carbonyl (C=O) groups is 1. The summed E-state index contributed by atoms with van der Waals surface area (Å²) in [5.74, 6) is 2.65. The second-order valence-electron chi connectivity index (χ2n) is 6.49. The van der Waals surface area contributed by atoms with Gasteiger partial charge < -0.3 is 20.3 Å². The van der Waals surface area contributed by atoms with E-state index in [4.69, 9.17) is 4.74 Å². The van der Waals surface area contributed by atoms with Crippen molar-refractivity contribution in [1.82, 2.24) is 15.5 Å². The van der Waals surface area contributed by atoms with Gasteiger partial charge in [0, 0.05) is 49.3 Å². The summed E-state index contributed by atoms with van der Waals surface area (Å²) in [6.45, 7) is 7.65. The van der Waals surface area contributed by atoms with Crippen LogP contribution < -0.4 is 15.4 Å². The molecule has 0 atom stereocenters. The van der Waals surface area contributed by atoms with Crippen molar-refractivity contribution in [2.45, 2.75) is 18.6 Å². The Bertz CT molecular complexity index is 602. The van der Waals surface area contributed by atoms with Crippen LogP contribution in [0.1, 0.15) is 24.2 Å². The highest BCUT2D eigenvalue weighted by molar-refractivity contribution is 8.00. The number of guanidine groups is 1. The summed E-state index contributed by atoms with van der Waals surface area (Å²) in [5, 5.41) is 6.25. The number of thioether (sulfide) groups is 1. The molecule has 6 nitrogen and oxygen atoms in total. The predicted molar refractivity (Wildman–Crippen MR) is 105 cm³/mol. The fourth-order valence-electron chi connectivity index (χ4n) is 2.72. The van der Waals surface area contributed by atoms with E-state index >= 15 is 0 Å². The van der Waals surface area contributed by atoms with E-state index in [-0.39, 0.29) is 10.7 Å². The minimum absolute atomic E-state index is 0.0880. The fourth-order valence-corrected chi connectivity index (χ4v) is 3.84. The Hall–Kier alpha value is -1.89. The van der Waals surface area contributed by atoms with Gasteiger partial charge in [-0.05, 0) is 38.1 Å². The number of methoxy groups -OCH3 is 1. The van der Waals surface area contributed by atoms with Crippen LogP contribution in [0.4, 0.5) is 0 Å². The normalized spacial score (nSPS) is 17.1. The van der Waals surface area contributed by atoms with Gasteiger partial charge in [-0.15, -0.1) is 0 Å². The van der Waals surface area contributed by atoms with Gasteiger partial charge in [0.15, 0.2) is 5.96 Å². The first-order valence-electron chi connectivity index (χ1n) is 8.47. The third-order valence-corrected chi connectivity index (χ3v) is 5.28. The maximum atomic E-state index is 12.1. The highest BCUT2D eigenvalue weighted by Gasteiger charge is 2.28. The molecule has 0 aliphatic carbocycles. The average Bonchev–Trinajstić information content (AvgIpc) is 2.60. The van der Waals surface area contributed by atoms with Crippen molar-refractivity contribution in [1.29, 1.82) is 0 Å². The van der Waals surface area contributed by atoms with Crippen LogP contribution in [-0.4, -0.2) is 67.6 Å². The molecule has 0 aromatic heterocycles. The molecule has 2 N–H and O–H groups in total. The lowest BCUT2D eigenvalue weighted by molar-refractivity contribution is 0.0954. The van der Waals surface area contributed by atoms with E-state index in [0.717, 1.165) is 30.6 Å². The second-order valence-corrected chi connectivity index (χ2v) is 8.29. The Kier molecular flexibility index (Phi) is 6.99. The van der Waals surface area contributed by atoms with Gasteiger partial charge in [-0.1, -0.05) is 0 Å². The highest BCUT2D eigenvalue weighted by Crippen LogP contribution is 2.29. The Balaban J connectivity index is 1.76. The van der Waals surface area contributed by atoms with E-state index < -0.39 is 0 Å². The molecule has 1 amide bonds. The fraction of sp³-hybridized carbons (Fsp3) is 0.556. The van der Waals surface area contributed by atoms with Crippen LogP contribution in [0.5, 0.6) is 5.75 Å². The second kappa shape index (κ2) is 8.99. The maximum Gasteiger partial charge on any atom is 0.251 e. The minimum Gasteiger partial charge on any atom is -0.497 e. The number of aliphatic imine (C=N–C) groups is 1. The molecule has 0 radical (unpaired) electrons. The molecule has 138 valence electrons. The summed E-state index contributed by atoms with van der Waals surface area (Å²) < 4.78 is 5.33. The number of amides is 1. The number of hydrogen-bond donors (Lipinski definition) is 2. The van der Waals surface area contributed by atoms with Gasteiger partial charge in [0.2, 0.25) is 0 Å². The number of carbonyl (C=O) groups excluding carboxylic acids is 1. The zero-order chi connectivity index (χ0) is 18.3. The molecular weight excluding hydrogens is 336 g/mol. The van der Waals surface area contributed by atoms with Gasteiger partial charge in [-0.3, -0.25) is 9.79 Å². The van der Waals surface area contributed by atoms with Crippen molar-refractivity contribution < 1.29 is 9.53 Å². The van der Waals surface area contributed by atoms with Gasteiger partial charge in [0.05, 0.1) is 7.11 Å². The summed E-state index contributed by atoms with van der Waals surface area (Å²) in [5.41, 5.74) is 0.625. The summed E-state index contributed by atoms with van der Waals surface area (Å²) >= 11 is 1.99. The summed E-state index contributed by atoms with van der Waals surface area (Å²) in [6, 6.07) is 7.08. The lowest BCUT2D eigenvalue weighted by Gasteiger charge is -2.39. The minimum atomic E-state index is -0.0880. The van der Waals surface area contributed by atoms with Gasteiger partial charge in [0.25, 0.3) is 5.91 Å². The first kappa shape index (κ1) is 19.4. The molecule has 1 heterocycles. The van der Waals surface area contributed by atoms with E-state index in [2.05, 4.69) is 34.4 Å². The molecule has 1 saturated heterocycles. The lowest BCUT2D eigenvalue weighted by atomic mass is 10.2. The number of nitrogens with zero attached hydrogens (tertiary/aromatic N) is 2. The monoisotopic (exact) mass is 364 g/mol. The van der Waals surface area contributed by atoms with Crippen molar-refractivity contribution >= 4 is 23.6 Å². The molecule has 2 rings (SSSR count). The van der Waals surface area contributed by atoms with Gasteiger partial charge in [0.1, 0.15) is 5.75 Å². The van der Waals surface area contributed by atoms with Gasteiger partial charge in [-0.2, -0.15) is 11.8 Å². The van der Waals surface area contributed by atoms with Gasteiger partial charge >= 0.3 is 0 Å². The number of ether oxygens (including phenoxy) is 1. The maximum absolute atomic E-state index is 12.1. The van der Waals surface area contributed by atoms with Crippen LogP contribution in [0.2, 0.25) is 0 Å². The zero-order valence-corrected chi connectivity index (χ0v) is 16.3. The molecule has 0 saturated carbocycles. The number of rotatable bonds is 5. The molecule has 1 aliphatic rings. The van der Waals surface area contributed by atoms with Crippen LogP contribution in [0.3, 0.4) is 0 Å². The number of benzene rings is 1. The molecule has 7 heteroatoms. The molecule has 1 aliphatic heterocycles. The Morgan fingerprint density at radius 1 is 1.28 bits per heavy atom. The van der Waals surface area contributed by atoms with E-state index in [9.17, 15) is 4.79 Å². The van der Waals surface area contributed by atoms with Crippen LogP contribution in [0, 0.1) is 0 Å². The van der Waals surface area contributed by atoms with E-state index in [0.29, 0.717) is 18.7 Å². The zero-order valence-electron chi connectivity index (χ0n) is 15.5. The van der Waals surface area contributed by atoms with Crippen LogP contribution in [-0.2, 0) is 0 Å². The molecule has 25 heavy (non-hydrogen) atoms. The van der Waals surface area contributed by atoms with E-state index in [1.54, 1.807) is 38.4 Å². The lowest BCUT2D eigenvalue weighted by Crippen LogP contribution is -2.51. The SMILES string of the molecule is CN=C(NCCNC(=O)c1ccc(OC)cc1)N1CCSC(C)(C)C1. The average molecular weight is 365 g/mol. The summed E-state index contributed by atoms with van der Waals surface area (Å²) in [4.78, 5) is 18.8.